The van der Waals surface area contributed by atoms with Crippen molar-refractivity contribution in [1.82, 2.24) is 5.43 Å². The molecule has 2 aromatic carbocycles. The molecule has 21 heavy (non-hydrogen) atoms. The number of rotatable bonds is 4. The Labute approximate surface area is 136 Å². The highest BCUT2D eigenvalue weighted by molar-refractivity contribution is 9.10. The van der Waals surface area contributed by atoms with Crippen LogP contribution in [0.3, 0.4) is 0 Å². The summed E-state index contributed by atoms with van der Waals surface area (Å²) in [6.45, 7) is 0. The number of nitrogens with one attached hydrogen (secondary N) is 1. The van der Waals surface area contributed by atoms with E-state index in [0.717, 1.165) is 10.0 Å². The fraction of sp³-hybridized carbons (Fsp3) is 0. The Hall–Kier alpha value is -1.91. The summed E-state index contributed by atoms with van der Waals surface area (Å²) in [5, 5.41) is 4.26. The van der Waals surface area contributed by atoms with E-state index in [4.69, 9.17) is 11.6 Å². The molecule has 0 aromatic heterocycles. The molecule has 0 saturated heterocycles. The van der Waals surface area contributed by atoms with Gasteiger partial charge >= 0.3 is 0 Å². The summed E-state index contributed by atoms with van der Waals surface area (Å²) in [5.74, 6) is -0.289. The zero-order chi connectivity index (χ0) is 15.1. The highest BCUT2D eigenvalue weighted by Crippen LogP contribution is 2.10. The molecule has 0 atom stereocenters. The Balaban J connectivity index is 1.94. The minimum Gasteiger partial charge on any atom is -0.267 e. The first-order chi connectivity index (χ1) is 10.1. The smallest absolute Gasteiger partial charge is 0.267 e. The number of carbonyl (C=O) groups excluding carboxylic acids is 1. The van der Waals surface area contributed by atoms with Crippen molar-refractivity contribution in [1.29, 1.82) is 0 Å². The Morgan fingerprint density at radius 2 is 1.76 bits per heavy atom. The number of hydrazone groups is 1. The topological polar surface area (TPSA) is 41.5 Å². The largest absolute Gasteiger partial charge is 0.271 e. The fourth-order valence-electron chi connectivity index (χ4n) is 1.56. The molecule has 0 saturated carbocycles. The maximum absolute atomic E-state index is 11.8. The van der Waals surface area contributed by atoms with Gasteiger partial charge in [-0.2, -0.15) is 5.10 Å². The molecule has 0 bridgehead atoms. The van der Waals surface area contributed by atoms with Gasteiger partial charge in [0.2, 0.25) is 0 Å². The third-order valence-electron chi connectivity index (χ3n) is 2.56. The molecule has 0 heterocycles. The number of hydrogen-bond acceptors (Lipinski definition) is 2. The van der Waals surface area contributed by atoms with Gasteiger partial charge in [0.05, 0.1) is 11.2 Å². The van der Waals surface area contributed by atoms with Crippen molar-refractivity contribution < 1.29 is 4.79 Å². The molecule has 2 rings (SSSR count). The second-order valence-corrected chi connectivity index (χ2v) is 5.50. The molecule has 106 valence electrons. The average molecular weight is 364 g/mol. The summed E-state index contributed by atoms with van der Waals surface area (Å²) in [6.07, 6.45) is 3.15. The maximum atomic E-state index is 11.8. The highest BCUT2D eigenvalue weighted by atomic mass is 79.9. The molecule has 0 spiro atoms. The average Bonchev–Trinajstić information content (AvgIpc) is 2.49. The molecule has 2 aromatic rings. The van der Waals surface area contributed by atoms with E-state index < -0.39 is 0 Å². The number of nitrogens with zero attached hydrogens (tertiary/aromatic N) is 1. The SMILES string of the molecule is O=C(N/N=C\C(Cl)=C\c1ccccc1)c1ccc(Br)cc1. The van der Waals surface area contributed by atoms with Crippen LogP contribution in [-0.4, -0.2) is 12.1 Å². The molecule has 0 fully saturated rings. The van der Waals surface area contributed by atoms with Gasteiger partial charge in [0, 0.05) is 10.0 Å². The molecule has 1 amide bonds. The van der Waals surface area contributed by atoms with Gasteiger partial charge in [-0.25, -0.2) is 5.43 Å². The van der Waals surface area contributed by atoms with Crippen molar-refractivity contribution in [2.75, 3.05) is 0 Å². The Kier molecular flexibility index (Phi) is 5.72. The number of amides is 1. The predicted molar refractivity (Wildman–Crippen MR) is 90.4 cm³/mol. The first kappa shape index (κ1) is 15.5. The summed E-state index contributed by atoms with van der Waals surface area (Å²) >= 11 is 9.33. The lowest BCUT2D eigenvalue weighted by Gasteiger charge is -1.99. The first-order valence-corrected chi connectivity index (χ1v) is 7.33. The third kappa shape index (κ3) is 5.17. The molecular weight excluding hydrogens is 352 g/mol. The number of halogens is 2. The lowest BCUT2D eigenvalue weighted by atomic mass is 10.2. The van der Waals surface area contributed by atoms with Crippen LogP contribution in [0.4, 0.5) is 0 Å². The molecular formula is C16H12BrClN2O. The molecule has 3 nitrogen and oxygen atoms in total. The summed E-state index contributed by atoms with van der Waals surface area (Å²) in [5.41, 5.74) is 3.92. The van der Waals surface area contributed by atoms with E-state index >= 15 is 0 Å². The molecule has 0 unspecified atom stereocenters. The molecule has 0 aliphatic carbocycles. The van der Waals surface area contributed by atoms with Crippen LogP contribution in [0, 0.1) is 0 Å². The summed E-state index contributed by atoms with van der Waals surface area (Å²) in [7, 11) is 0. The first-order valence-electron chi connectivity index (χ1n) is 6.16. The van der Waals surface area contributed by atoms with Gasteiger partial charge in [-0.3, -0.25) is 4.79 Å². The second-order valence-electron chi connectivity index (χ2n) is 4.15. The summed E-state index contributed by atoms with van der Waals surface area (Å²) in [6, 6.07) is 16.6. The minimum atomic E-state index is -0.289. The molecule has 0 radical (unpaired) electrons. The number of hydrogen-bond donors (Lipinski definition) is 1. The van der Waals surface area contributed by atoms with Gasteiger partial charge in [-0.1, -0.05) is 57.9 Å². The Bertz CT molecular complexity index is 666. The van der Waals surface area contributed by atoms with E-state index in [1.807, 2.05) is 30.3 Å². The van der Waals surface area contributed by atoms with Crippen LogP contribution >= 0.6 is 27.5 Å². The van der Waals surface area contributed by atoms with Crippen molar-refractivity contribution in [2.24, 2.45) is 5.10 Å². The zero-order valence-corrected chi connectivity index (χ0v) is 13.3. The standard InChI is InChI=1S/C16H12BrClN2O/c17-14-8-6-13(7-9-14)16(21)20-19-11-15(18)10-12-4-2-1-3-5-12/h1-11H,(H,20,21)/b15-10-,19-11-. The predicted octanol–water partition coefficient (Wildman–Crippen LogP) is 4.44. The van der Waals surface area contributed by atoms with Gasteiger partial charge < -0.3 is 0 Å². The van der Waals surface area contributed by atoms with Crippen LogP contribution in [0.5, 0.6) is 0 Å². The highest BCUT2D eigenvalue weighted by Gasteiger charge is 2.02. The van der Waals surface area contributed by atoms with Gasteiger partial charge in [0.15, 0.2) is 0 Å². The van der Waals surface area contributed by atoms with Crippen molar-refractivity contribution in [3.63, 3.8) is 0 Å². The monoisotopic (exact) mass is 362 g/mol. The number of allylic oxidation sites excluding steroid dienone is 1. The summed E-state index contributed by atoms with van der Waals surface area (Å²) in [4.78, 5) is 11.8. The maximum Gasteiger partial charge on any atom is 0.271 e. The van der Waals surface area contributed by atoms with E-state index in [0.29, 0.717) is 10.6 Å². The van der Waals surface area contributed by atoms with Gasteiger partial charge in [-0.15, -0.1) is 0 Å². The fourth-order valence-corrected chi connectivity index (χ4v) is 2.00. The second kappa shape index (κ2) is 7.76. The van der Waals surface area contributed by atoms with E-state index in [9.17, 15) is 4.79 Å². The lowest BCUT2D eigenvalue weighted by molar-refractivity contribution is 0.0955. The van der Waals surface area contributed by atoms with Crippen LogP contribution < -0.4 is 5.43 Å². The zero-order valence-electron chi connectivity index (χ0n) is 11.0. The molecule has 0 aliphatic heterocycles. The van der Waals surface area contributed by atoms with E-state index in [-0.39, 0.29) is 5.91 Å². The number of benzene rings is 2. The summed E-state index contributed by atoms with van der Waals surface area (Å²) < 4.78 is 0.913. The van der Waals surface area contributed by atoms with Crippen LogP contribution in [0.2, 0.25) is 0 Å². The van der Waals surface area contributed by atoms with Crippen molar-refractivity contribution in [3.8, 4) is 0 Å². The molecule has 0 aliphatic rings. The molecule has 1 N–H and O–H groups in total. The van der Waals surface area contributed by atoms with Crippen molar-refractivity contribution in [2.45, 2.75) is 0 Å². The van der Waals surface area contributed by atoms with Gasteiger partial charge in [0.1, 0.15) is 0 Å². The van der Waals surface area contributed by atoms with Crippen LogP contribution in [0.15, 0.2) is 69.2 Å². The van der Waals surface area contributed by atoms with E-state index in [1.54, 1.807) is 30.3 Å². The minimum absolute atomic E-state index is 0.289. The Morgan fingerprint density at radius 1 is 1.10 bits per heavy atom. The molecule has 5 heteroatoms. The van der Waals surface area contributed by atoms with E-state index in [1.165, 1.54) is 6.21 Å². The van der Waals surface area contributed by atoms with Crippen LogP contribution in [-0.2, 0) is 0 Å². The van der Waals surface area contributed by atoms with Gasteiger partial charge in [0.25, 0.3) is 5.91 Å². The normalized spacial score (nSPS) is 11.6. The Morgan fingerprint density at radius 3 is 2.43 bits per heavy atom. The van der Waals surface area contributed by atoms with E-state index in [2.05, 4.69) is 26.5 Å². The van der Waals surface area contributed by atoms with Crippen LogP contribution in [0.1, 0.15) is 15.9 Å². The third-order valence-corrected chi connectivity index (χ3v) is 3.30. The quantitative estimate of drug-likeness (QED) is 0.633. The van der Waals surface area contributed by atoms with Crippen LogP contribution in [0.25, 0.3) is 6.08 Å². The van der Waals surface area contributed by atoms with Crippen molar-refractivity contribution in [3.05, 3.63) is 75.2 Å². The lowest BCUT2D eigenvalue weighted by Crippen LogP contribution is -2.17. The van der Waals surface area contributed by atoms with Gasteiger partial charge in [-0.05, 0) is 35.9 Å². The van der Waals surface area contributed by atoms with Crippen molar-refractivity contribution >= 4 is 45.7 Å². The number of carbonyl (C=O) groups is 1.